The van der Waals surface area contributed by atoms with Gasteiger partial charge < -0.3 is 9.80 Å². The molecule has 0 atom stereocenters. The van der Waals surface area contributed by atoms with Crippen molar-refractivity contribution in [2.24, 2.45) is 0 Å². The number of ketones is 1. The second-order valence-electron chi connectivity index (χ2n) is 5.81. The zero-order chi connectivity index (χ0) is 14.3. The fourth-order valence-electron chi connectivity index (χ4n) is 2.79. The summed E-state index contributed by atoms with van der Waals surface area (Å²) in [5.74, 6) is 0.284. The predicted octanol–water partition coefficient (Wildman–Crippen LogP) is 1.87. The summed E-state index contributed by atoms with van der Waals surface area (Å²) in [5.41, 5.74) is 3.04. The molecule has 2 aliphatic rings. The maximum atomic E-state index is 12.2. The van der Waals surface area contributed by atoms with Crippen molar-refractivity contribution in [1.82, 2.24) is 4.90 Å². The number of benzene rings is 1. The van der Waals surface area contributed by atoms with Gasteiger partial charge in [-0.2, -0.15) is 0 Å². The first-order chi connectivity index (χ1) is 9.56. The third-order valence-corrected chi connectivity index (χ3v) is 4.29. The second kappa shape index (κ2) is 4.93. The van der Waals surface area contributed by atoms with Crippen molar-refractivity contribution in [3.8, 4) is 0 Å². The van der Waals surface area contributed by atoms with Gasteiger partial charge in [0.1, 0.15) is 0 Å². The molecule has 3 rings (SSSR count). The Morgan fingerprint density at radius 3 is 2.75 bits per heavy atom. The molecule has 4 nitrogen and oxygen atoms in total. The van der Waals surface area contributed by atoms with Gasteiger partial charge in [-0.15, -0.1) is 0 Å². The summed E-state index contributed by atoms with van der Waals surface area (Å²) in [5, 5.41) is 0. The van der Waals surface area contributed by atoms with Crippen LogP contribution in [0.2, 0.25) is 0 Å². The first-order valence-electron chi connectivity index (χ1n) is 7.20. The van der Waals surface area contributed by atoms with Crippen molar-refractivity contribution in [2.75, 3.05) is 25.0 Å². The van der Waals surface area contributed by atoms with Gasteiger partial charge in [-0.05, 0) is 49.9 Å². The molecule has 1 aliphatic carbocycles. The van der Waals surface area contributed by atoms with Crippen LogP contribution >= 0.6 is 0 Å². The summed E-state index contributed by atoms with van der Waals surface area (Å²) >= 11 is 0. The number of likely N-dealkylation sites (N-methyl/N-ethyl adjacent to an activating group) is 1. The van der Waals surface area contributed by atoms with E-state index in [9.17, 15) is 9.59 Å². The third-order valence-electron chi connectivity index (χ3n) is 4.29. The lowest BCUT2D eigenvalue weighted by atomic mass is 10.1. The van der Waals surface area contributed by atoms with E-state index < -0.39 is 0 Å². The summed E-state index contributed by atoms with van der Waals surface area (Å²) in [6, 6.07) is 6.26. The molecule has 0 unspecified atom stereocenters. The Kier molecular flexibility index (Phi) is 3.24. The molecule has 0 radical (unpaired) electrons. The van der Waals surface area contributed by atoms with Crippen LogP contribution in [-0.4, -0.2) is 42.8 Å². The van der Waals surface area contributed by atoms with Crippen molar-refractivity contribution < 1.29 is 9.59 Å². The molecule has 1 aromatic carbocycles. The Morgan fingerprint density at radius 1 is 1.35 bits per heavy atom. The van der Waals surface area contributed by atoms with Crippen molar-refractivity contribution in [2.45, 2.75) is 32.2 Å². The second-order valence-corrected chi connectivity index (χ2v) is 5.81. The van der Waals surface area contributed by atoms with Gasteiger partial charge >= 0.3 is 0 Å². The summed E-state index contributed by atoms with van der Waals surface area (Å²) < 4.78 is 0. The number of Topliss-reactive ketones (excluding diaryl/α,β-unsaturated/α-hetero) is 1. The van der Waals surface area contributed by atoms with E-state index in [1.54, 1.807) is 6.92 Å². The average molecular weight is 272 g/mol. The minimum absolute atomic E-state index is 0.0933. The summed E-state index contributed by atoms with van der Waals surface area (Å²) in [7, 11) is 1.90. The molecule has 20 heavy (non-hydrogen) atoms. The first kappa shape index (κ1) is 13.2. The smallest absolute Gasteiger partial charge is 0.242 e. The highest BCUT2D eigenvalue weighted by molar-refractivity contribution is 5.95. The van der Waals surface area contributed by atoms with Gasteiger partial charge in [0.05, 0.1) is 6.54 Å². The molecule has 1 aromatic rings. The highest BCUT2D eigenvalue weighted by Crippen LogP contribution is 2.30. The molecule has 0 aromatic heterocycles. The molecular formula is C16H20N2O2. The van der Waals surface area contributed by atoms with E-state index in [1.807, 2.05) is 30.1 Å². The van der Waals surface area contributed by atoms with E-state index in [0.717, 1.165) is 37.1 Å². The topological polar surface area (TPSA) is 40.6 Å². The van der Waals surface area contributed by atoms with Crippen LogP contribution in [0.25, 0.3) is 0 Å². The van der Waals surface area contributed by atoms with Crippen LogP contribution in [0.4, 0.5) is 5.69 Å². The monoisotopic (exact) mass is 272 g/mol. The Balaban J connectivity index is 1.72. The molecule has 106 valence electrons. The first-order valence-corrected chi connectivity index (χ1v) is 7.20. The number of rotatable bonds is 4. The van der Waals surface area contributed by atoms with E-state index in [1.165, 1.54) is 5.56 Å². The summed E-state index contributed by atoms with van der Waals surface area (Å²) in [6.45, 7) is 2.89. The molecule has 1 saturated carbocycles. The van der Waals surface area contributed by atoms with E-state index in [0.29, 0.717) is 12.6 Å². The molecule has 1 aliphatic heterocycles. The number of carbonyl (C=O) groups is 2. The van der Waals surface area contributed by atoms with Gasteiger partial charge in [-0.3, -0.25) is 9.59 Å². The van der Waals surface area contributed by atoms with E-state index in [-0.39, 0.29) is 11.7 Å². The van der Waals surface area contributed by atoms with Crippen LogP contribution in [-0.2, 0) is 11.2 Å². The maximum Gasteiger partial charge on any atom is 0.242 e. The normalized spacial score (nSPS) is 17.0. The average Bonchev–Trinajstić information content (AvgIpc) is 3.20. The lowest BCUT2D eigenvalue weighted by Gasteiger charge is -2.23. The van der Waals surface area contributed by atoms with Crippen molar-refractivity contribution in [1.29, 1.82) is 0 Å². The highest BCUT2D eigenvalue weighted by Gasteiger charge is 2.31. The maximum absolute atomic E-state index is 12.2. The number of anilines is 1. The number of carbonyl (C=O) groups excluding carboxylic acids is 2. The van der Waals surface area contributed by atoms with Crippen molar-refractivity contribution in [3.63, 3.8) is 0 Å². The van der Waals surface area contributed by atoms with Crippen LogP contribution in [0.15, 0.2) is 18.2 Å². The standard InChI is InChI=1S/C16H20N2O2/c1-11(19)12-3-6-15-13(9-12)7-8-18(15)10-16(20)17(2)14-4-5-14/h3,6,9,14H,4-5,7-8,10H2,1-2H3. The zero-order valence-corrected chi connectivity index (χ0v) is 12.1. The highest BCUT2D eigenvalue weighted by atomic mass is 16.2. The minimum atomic E-state index is 0.0933. The SMILES string of the molecule is CC(=O)c1ccc2c(c1)CCN2CC(=O)N(C)C1CC1. The fourth-order valence-corrected chi connectivity index (χ4v) is 2.79. The van der Waals surface area contributed by atoms with E-state index >= 15 is 0 Å². The lowest BCUT2D eigenvalue weighted by molar-refractivity contribution is -0.128. The molecule has 0 bridgehead atoms. The third kappa shape index (κ3) is 2.42. The number of hydrogen-bond acceptors (Lipinski definition) is 3. The number of nitrogens with zero attached hydrogens (tertiary/aromatic N) is 2. The molecule has 1 heterocycles. The zero-order valence-electron chi connectivity index (χ0n) is 12.1. The molecule has 1 amide bonds. The molecular weight excluding hydrogens is 252 g/mol. The van der Waals surface area contributed by atoms with Crippen LogP contribution in [0.3, 0.4) is 0 Å². The largest absolute Gasteiger partial charge is 0.362 e. The Bertz CT molecular complexity index is 564. The van der Waals surface area contributed by atoms with Crippen molar-refractivity contribution >= 4 is 17.4 Å². The minimum Gasteiger partial charge on any atom is -0.362 e. The molecule has 0 N–H and O–H groups in total. The van der Waals surface area contributed by atoms with Crippen LogP contribution in [0, 0.1) is 0 Å². The quantitative estimate of drug-likeness (QED) is 0.786. The molecule has 0 spiro atoms. The number of fused-ring (bicyclic) bond motifs is 1. The summed E-state index contributed by atoms with van der Waals surface area (Å²) in [6.07, 6.45) is 3.19. The molecule has 1 fully saturated rings. The van der Waals surface area contributed by atoms with Gasteiger partial charge in [0.2, 0.25) is 5.91 Å². The van der Waals surface area contributed by atoms with Gasteiger partial charge in [0.25, 0.3) is 0 Å². The molecule has 4 heteroatoms. The van der Waals surface area contributed by atoms with Gasteiger partial charge in [0.15, 0.2) is 5.78 Å². The summed E-state index contributed by atoms with van der Waals surface area (Å²) in [4.78, 5) is 27.6. The number of amides is 1. The number of hydrogen-bond donors (Lipinski definition) is 0. The van der Waals surface area contributed by atoms with Crippen LogP contribution < -0.4 is 4.90 Å². The Labute approximate surface area is 119 Å². The van der Waals surface area contributed by atoms with Crippen LogP contribution in [0.1, 0.15) is 35.7 Å². The van der Waals surface area contributed by atoms with Gasteiger partial charge in [0, 0.05) is 30.9 Å². The lowest BCUT2D eigenvalue weighted by Crippen LogP contribution is -2.38. The van der Waals surface area contributed by atoms with E-state index in [4.69, 9.17) is 0 Å². The Hall–Kier alpha value is -1.84. The predicted molar refractivity (Wildman–Crippen MR) is 78.2 cm³/mol. The molecule has 0 saturated heterocycles. The van der Waals surface area contributed by atoms with E-state index in [2.05, 4.69) is 4.90 Å². The van der Waals surface area contributed by atoms with Gasteiger partial charge in [-0.25, -0.2) is 0 Å². The Morgan fingerprint density at radius 2 is 2.10 bits per heavy atom. The van der Waals surface area contributed by atoms with Crippen molar-refractivity contribution in [3.05, 3.63) is 29.3 Å². The van der Waals surface area contributed by atoms with Gasteiger partial charge in [-0.1, -0.05) is 0 Å². The fraction of sp³-hybridized carbons (Fsp3) is 0.500. The van der Waals surface area contributed by atoms with Crippen LogP contribution in [0.5, 0.6) is 0 Å².